The lowest BCUT2D eigenvalue weighted by atomic mass is 10.5. The van der Waals surface area contributed by atoms with E-state index in [2.05, 4.69) is 14.4 Å². The van der Waals surface area contributed by atoms with Gasteiger partial charge in [0, 0.05) is 0 Å². The Balaban J connectivity index is 2.93. The van der Waals surface area contributed by atoms with Gasteiger partial charge in [0.2, 0.25) is 0 Å². The maximum Gasteiger partial charge on any atom is 0.337 e. The van der Waals surface area contributed by atoms with Crippen LogP contribution in [0.5, 0.6) is 5.95 Å². The molecule has 4 nitrogen and oxygen atoms in total. The Kier molecular flexibility index (Phi) is 1.91. The number of hydrogen-bond donors (Lipinski definition) is 0. The number of aromatic nitrogens is 1. The van der Waals surface area contributed by atoms with Crippen LogP contribution >= 0.6 is 11.6 Å². The second-order valence-electron chi connectivity index (χ2n) is 1.58. The second kappa shape index (κ2) is 2.70. The minimum Gasteiger partial charge on any atom is -0.392 e. The lowest BCUT2D eigenvalue weighted by Crippen LogP contribution is -1.85. The molecule has 0 fully saturated rings. The zero-order chi connectivity index (χ0) is 7.56. The number of carbonyl (C=O) groups is 1. The Morgan fingerprint density at radius 3 is 2.90 bits per heavy atom. The van der Waals surface area contributed by atoms with Gasteiger partial charge in [0.05, 0.1) is 0 Å². The summed E-state index contributed by atoms with van der Waals surface area (Å²) in [5.41, 5.74) is 0.499. The highest BCUT2D eigenvalue weighted by Gasteiger charge is 2.10. The van der Waals surface area contributed by atoms with Crippen molar-refractivity contribution in [3.8, 4) is 5.95 Å². The van der Waals surface area contributed by atoms with Crippen LogP contribution in [-0.4, -0.2) is 11.6 Å². The highest BCUT2D eigenvalue weighted by molar-refractivity contribution is 6.32. The SMILES string of the molecule is Cc1noc(OC=O)c1Cl. The van der Waals surface area contributed by atoms with Gasteiger partial charge in [-0.2, -0.15) is 0 Å². The van der Waals surface area contributed by atoms with Crippen LogP contribution in [0.2, 0.25) is 5.02 Å². The minimum atomic E-state index is -0.0610. The van der Waals surface area contributed by atoms with Crippen molar-refractivity contribution in [3.05, 3.63) is 10.7 Å². The highest BCUT2D eigenvalue weighted by atomic mass is 35.5. The van der Waals surface area contributed by atoms with Gasteiger partial charge >= 0.3 is 12.4 Å². The molecule has 1 heterocycles. The van der Waals surface area contributed by atoms with Gasteiger partial charge in [0.1, 0.15) is 10.7 Å². The predicted molar refractivity (Wildman–Crippen MR) is 32.9 cm³/mol. The van der Waals surface area contributed by atoms with Gasteiger partial charge in [-0.05, 0) is 6.92 Å². The zero-order valence-electron chi connectivity index (χ0n) is 5.13. The molecule has 1 aromatic heterocycles. The molecule has 0 atom stereocenters. The van der Waals surface area contributed by atoms with E-state index < -0.39 is 0 Å². The molecular weight excluding hydrogens is 158 g/mol. The van der Waals surface area contributed by atoms with Gasteiger partial charge in [-0.15, -0.1) is 0 Å². The van der Waals surface area contributed by atoms with E-state index in [9.17, 15) is 4.79 Å². The summed E-state index contributed by atoms with van der Waals surface area (Å²) in [5, 5.41) is 3.67. The summed E-state index contributed by atoms with van der Waals surface area (Å²) >= 11 is 5.55. The van der Waals surface area contributed by atoms with Crippen LogP contribution in [0, 0.1) is 6.92 Å². The highest BCUT2D eigenvalue weighted by Crippen LogP contribution is 2.26. The van der Waals surface area contributed by atoms with Crippen LogP contribution in [0.25, 0.3) is 0 Å². The number of ether oxygens (including phenoxy) is 1. The van der Waals surface area contributed by atoms with E-state index in [0.717, 1.165) is 0 Å². The van der Waals surface area contributed by atoms with Crippen LogP contribution in [0.15, 0.2) is 4.52 Å². The third-order valence-corrected chi connectivity index (χ3v) is 1.35. The summed E-state index contributed by atoms with van der Waals surface area (Å²) < 4.78 is 8.82. The number of halogens is 1. The van der Waals surface area contributed by atoms with Gasteiger partial charge in [-0.3, -0.25) is 4.79 Å². The fraction of sp³-hybridized carbons (Fsp3) is 0.200. The van der Waals surface area contributed by atoms with Crippen LogP contribution in [-0.2, 0) is 4.79 Å². The monoisotopic (exact) mass is 161 g/mol. The van der Waals surface area contributed by atoms with Gasteiger partial charge in [-0.25, -0.2) is 0 Å². The third-order valence-electron chi connectivity index (χ3n) is 0.918. The molecule has 0 saturated heterocycles. The normalized spacial score (nSPS) is 9.40. The number of nitrogens with zero attached hydrogens (tertiary/aromatic N) is 1. The van der Waals surface area contributed by atoms with E-state index in [0.29, 0.717) is 5.69 Å². The van der Waals surface area contributed by atoms with Crippen molar-refractivity contribution < 1.29 is 14.1 Å². The summed E-state index contributed by atoms with van der Waals surface area (Å²) in [7, 11) is 0. The van der Waals surface area contributed by atoms with Crippen molar-refractivity contribution in [3.63, 3.8) is 0 Å². The summed E-state index contributed by atoms with van der Waals surface area (Å²) in [6.07, 6.45) is 0. The van der Waals surface area contributed by atoms with E-state index in [1.807, 2.05) is 0 Å². The molecule has 0 bridgehead atoms. The van der Waals surface area contributed by atoms with Gasteiger partial charge < -0.3 is 9.26 Å². The lowest BCUT2D eigenvalue weighted by molar-refractivity contribution is -0.121. The number of aryl methyl sites for hydroxylation is 1. The van der Waals surface area contributed by atoms with E-state index in [1.165, 1.54) is 0 Å². The molecule has 0 aromatic carbocycles. The molecule has 0 N–H and O–H groups in total. The van der Waals surface area contributed by atoms with Crippen LogP contribution in [0.1, 0.15) is 5.69 Å². The van der Waals surface area contributed by atoms with Gasteiger partial charge in [0.15, 0.2) is 0 Å². The summed E-state index contributed by atoms with van der Waals surface area (Å²) in [4.78, 5) is 9.77. The molecule has 10 heavy (non-hydrogen) atoms. The topological polar surface area (TPSA) is 52.3 Å². The standard InChI is InChI=1S/C5H4ClNO3/c1-3-4(6)5(9-2-8)10-7-3/h2H,1H3. The molecule has 0 amide bonds. The van der Waals surface area contributed by atoms with Crippen LogP contribution < -0.4 is 4.74 Å². The maximum absolute atomic E-state index is 9.77. The van der Waals surface area contributed by atoms with Crippen molar-refractivity contribution in [2.45, 2.75) is 6.92 Å². The summed E-state index contributed by atoms with van der Waals surface area (Å²) in [5.74, 6) is -0.0610. The quantitative estimate of drug-likeness (QED) is 0.611. The molecule has 0 aliphatic heterocycles. The lowest BCUT2D eigenvalue weighted by Gasteiger charge is -1.86. The fourth-order valence-corrected chi connectivity index (χ4v) is 0.568. The maximum atomic E-state index is 9.77. The first-order chi connectivity index (χ1) is 4.75. The Morgan fingerprint density at radius 1 is 1.80 bits per heavy atom. The Morgan fingerprint density at radius 2 is 2.50 bits per heavy atom. The smallest absolute Gasteiger partial charge is 0.337 e. The first kappa shape index (κ1) is 7.08. The predicted octanol–water partition coefficient (Wildman–Crippen LogP) is 1.17. The molecular formula is C5H4ClNO3. The molecule has 1 aromatic rings. The van der Waals surface area contributed by atoms with Crippen molar-refractivity contribution in [2.75, 3.05) is 0 Å². The van der Waals surface area contributed by atoms with E-state index in [-0.39, 0.29) is 17.4 Å². The molecule has 1 rings (SSSR count). The van der Waals surface area contributed by atoms with Gasteiger partial charge in [-0.1, -0.05) is 16.8 Å². The van der Waals surface area contributed by atoms with Gasteiger partial charge in [0.25, 0.3) is 0 Å². The summed E-state index contributed by atoms with van der Waals surface area (Å²) in [6, 6.07) is 0. The number of rotatable bonds is 2. The van der Waals surface area contributed by atoms with Crippen molar-refractivity contribution >= 4 is 18.1 Å². The Labute approximate surface area is 61.7 Å². The average Bonchev–Trinajstić information content (AvgIpc) is 2.20. The molecule has 0 aliphatic carbocycles. The molecule has 5 heteroatoms. The Bertz CT molecular complexity index is 245. The molecule has 0 radical (unpaired) electrons. The number of carbonyl (C=O) groups excluding carboxylic acids is 1. The third kappa shape index (κ3) is 1.11. The first-order valence-corrected chi connectivity index (χ1v) is 2.85. The molecule has 0 unspecified atom stereocenters. The van der Waals surface area contributed by atoms with E-state index in [4.69, 9.17) is 11.6 Å². The number of hydrogen-bond acceptors (Lipinski definition) is 4. The molecule has 0 aliphatic rings. The fourth-order valence-electron chi connectivity index (χ4n) is 0.455. The Hall–Kier alpha value is -1.03. The van der Waals surface area contributed by atoms with Crippen molar-refractivity contribution in [1.82, 2.24) is 5.16 Å². The van der Waals surface area contributed by atoms with E-state index >= 15 is 0 Å². The van der Waals surface area contributed by atoms with Crippen molar-refractivity contribution in [2.24, 2.45) is 0 Å². The molecule has 54 valence electrons. The molecule has 0 saturated carbocycles. The summed E-state index contributed by atoms with van der Waals surface area (Å²) in [6.45, 7) is 1.87. The first-order valence-electron chi connectivity index (χ1n) is 2.47. The second-order valence-corrected chi connectivity index (χ2v) is 1.96. The van der Waals surface area contributed by atoms with E-state index in [1.54, 1.807) is 6.92 Å². The minimum absolute atomic E-state index is 0.0610. The van der Waals surface area contributed by atoms with Crippen LogP contribution in [0.3, 0.4) is 0 Å². The molecule has 0 spiro atoms. The van der Waals surface area contributed by atoms with Crippen LogP contribution in [0.4, 0.5) is 0 Å². The van der Waals surface area contributed by atoms with Crippen molar-refractivity contribution in [1.29, 1.82) is 0 Å². The largest absolute Gasteiger partial charge is 0.392 e. The zero-order valence-corrected chi connectivity index (χ0v) is 5.88. The average molecular weight is 162 g/mol.